The van der Waals surface area contributed by atoms with Crippen LogP contribution in [0.15, 0.2) is 84.6 Å². The van der Waals surface area contributed by atoms with Gasteiger partial charge in [-0.05, 0) is 48.1 Å². The fraction of sp³-hybridized carbons (Fsp3) is 0.0370. The molecule has 1 aliphatic heterocycles. The van der Waals surface area contributed by atoms with Crippen molar-refractivity contribution < 1.29 is 24.4 Å². The minimum Gasteiger partial charge on any atom is -0.478 e. The Hall–Kier alpha value is -5.16. The Morgan fingerprint density at radius 2 is 1.79 bits per heavy atom. The summed E-state index contributed by atoms with van der Waals surface area (Å²) < 4.78 is 1.92. The van der Waals surface area contributed by atoms with Gasteiger partial charge in [0, 0.05) is 41.3 Å². The number of rotatable bonds is 6. The molecule has 0 bridgehead atoms. The van der Waals surface area contributed by atoms with Gasteiger partial charge in [0.1, 0.15) is 5.57 Å². The maximum atomic E-state index is 13.5. The molecule has 10 nitrogen and oxygen atoms in total. The van der Waals surface area contributed by atoms with Crippen LogP contribution >= 0.6 is 12.2 Å². The lowest BCUT2D eigenvalue weighted by Gasteiger charge is -2.29. The predicted molar refractivity (Wildman–Crippen MR) is 144 cm³/mol. The number of carboxylic acid groups (broad SMARTS) is 1. The largest absolute Gasteiger partial charge is 0.478 e. The standard InChI is InChI=1S/C27H18N4O6S/c32-24-22(25(33)30(27(38)28-24)20-5-3-4-17(12-20)26(34)35)13-18-15-29(23-7-2-1-6-21(18)23)14-16-8-10-19(11-9-16)31(36)37/h1-13,15H,14H2,(H,34,35)(H,28,32,38). The van der Waals surface area contributed by atoms with Crippen molar-refractivity contribution >= 4 is 63.5 Å². The van der Waals surface area contributed by atoms with Gasteiger partial charge in [0.2, 0.25) is 0 Å². The summed E-state index contributed by atoms with van der Waals surface area (Å²) in [5.41, 5.74) is 2.28. The molecule has 5 rings (SSSR count). The van der Waals surface area contributed by atoms with Crippen LogP contribution in [0.4, 0.5) is 11.4 Å². The Morgan fingerprint density at radius 3 is 2.50 bits per heavy atom. The number of fused-ring (bicyclic) bond motifs is 1. The quantitative estimate of drug-likeness (QED) is 0.127. The van der Waals surface area contributed by atoms with E-state index in [2.05, 4.69) is 5.32 Å². The molecule has 1 fully saturated rings. The molecule has 1 aromatic heterocycles. The van der Waals surface area contributed by atoms with E-state index in [0.717, 1.165) is 21.4 Å². The fourth-order valence-corrected chi connectivity index (χ4v) is 4.55. The normalized spacial score (nSPS) is 14.7. The van der Waals surface area contributed by atoms with Crippen LogP contribution < -0.4 is 10.2 Å². The van der Waals surface area contributed by atoms with Gasteiger partial charge in [-0.3, -0.25) is 29.9 Å². The zero-order valence-corrected chi connectivity index (χ0v) is 20.3. The molecule has 3 aromatic carbocycles. The molecule has 0 spiro atoms. The number of hydrogen-bond donors (Lipinski definition) is 2. The van der Waals surface area contributed by atoms with Gasteiger partial charge in [-0.25, -0.2) is 4.79 Å². The van der Waals surface area contributed by atoms with E-state index in [4.69, 9.17) is 12.2 Å². The smallest absolute Gasteiger partial charge is 0.335 e. The number of aromatic nitrogens is 1. The van der Waals surface area contributed by atoms with Crippen LogP contribution in [-0.4, -0.2) is 37.5 Å². The number of para-hydroxylation sites is 1. The highest BCUT2D eigenvalue weighted by Crippen LogP contribution is 2.28. The number of aromatic carboxylic acids is 1. The molecular formula is C27H18N4O6S. The summed E-state index contributed by atoms with van der Waals surface area (Å²) in [6.07, 6.45) is 3.27. The number of carboxylic acids is 1. The van der Waals surface area contributed by atoms with Crippen LogP contribution in [0.1, 0.15) is 21.5 Å². The summed E-state index contributed by atoms with van der Waals surface area (Å²) in [6.45, 7) is 0.403. The molecule has 2 heterocycles. The molecule has 188 valence electrons. The molecule has 0 atom stereocenters. The minimum absolute atomic E-state index is 0.00489. The molecule has 2 N–H and O–H groups in total. The van der Waals surface area contributed by atoms with Crippen molar-refractivity contribution in [3.8, 4) is 0 Å². The molecule has 38 heavy (non-hydrogen) atoms. The van der Waals surface area contributed by atoms with E-state index in [-0.39, 0.29) is 27.6 Å². The average molecular weight is 527 g/mol. The molecule has 11 heteroatoms. The number of carbonyl (C=O) groups excluding carboxylic acids is 2. The van der Waals surface area contributed by atoms with E-state index in [9.17, 15) is 29.6 Å². The van der Waals surface area contributed by atoms with E-state index in [1.165, 1.54) is 42.5 Å². The first-order chi connectivity index (χ1) is 18.2. The maximum absolute atomic E-state index is 13.5. The van der Waals surface area contributed by atoms with Gasteiger partial charge in [-0.1, -0.05) is 36.4 Å². The van der Waals surface area contributed by atoms with Gasteiger partial charge in [0.25, 0.3) is 17.5 Å². The number of benzene rings is 3. The van der Waals surface area contributed by atoms with Crippen molar-refractivity contribution in [3.63, 3.8) is 0 Å². The number of nitro benzene ring substituents is 1. The van der Waals surface area contributed by atoms with E-state index in [1.807, 2.05) is 28.8 Å². The fourth-order valence-electron chi connectivity index (χ4n) is 4.27. The third kappa shape index (κ3) is 4.53. The second kappa shape index (κ2) is 9.71. The Morgan fingerprint density at radius 1 is 1.05 bits per heavy atom. The van der Waals surface area contributed by atoms with Crippen molar-refractivity contribution in [2.75, 3.05) is 4.90 Å². The highest BCUT2D eigenvalue weighted by Gasteiger charge is 2.35. The summed E-state index contributed by atoms with van der Waals surface area (Å²) in [7, 11) is 0. The number of thiocarbonyl (C=S) groups is 1. The lowest BCUT2D eigenvalue weighted by molar-refractivity contribution is -0.384. The molecule has 1 aliphatic rings. The Kier molecular flexibility index (Phi) is 6.27. The SMILES string of the molecule is O=C1NC(=S)N(c2cccc(C(=O)O)c2)C(=O)C1=Cc1cn(Cc2ccc([N+](=O)[O-])cc2)c2ccccc12. The van der Waals surface area contributed by atoms with Gasteiger partial charge in [-0.15, -0.1) is 0 Å². The zero-order valence-electron chi connectivity index (χ0n) is 19.5. The highest BCUT2D eigenvalue weighted by atomic mass is 32.1. The van der Waals surface area contributed by atoms with Crippen molar-refractivity contribution in [3.05, 3.63) is 111 Å². The first kappa shape index (κ1) is 24.5. The van der Waals surface area contributed by atoms with Gasteiger partial charge in [0.15, 0.2) is 5.11 Å². The number of nitrogens with one attached hydrogen (secondary N) is 1. The number of carbonyl (C=O) groups is 3. The summed E-state index contributed by atoms with van der Waals surface area (Å²) in [4.78, 5) is 49.3. The molecular weight excluding hydrogens is 508 g/mol. The van der Waals surface area contributed by atoms with Crippen LogP contribution in [0.2, 0.25) is 0 Å². The van der Waals surface area contributed by atoms with E-state index < -0.39 is 22.7 Å². The van der Waals surface area contributed by atoms with Crippen molar-refractivity contribution in [1.82, 2.24) is 9.88 Å². The van der Waals surface area contributed by atoms with E-state index >= 15 is 0 Å². The van der Waals surface area contributed by atoms with Gasteiger partial charge in [-0.2, -0.15) is 0 Å². The van der Waals surface area contributed by atoms with Crippen molar-refractivity contribution in [2.24, 2.45) is 0 Å². The molecule has 4 aromatic rings. The average Bonchev–Trinajstić information content (AvgIpc) is 3.24. The number of anilines is 1. The topological polar surface area (TPSA) is 135 Å². The first-order valence-corrected chi connectivity index (χ1v) is 11.7. The van der Waals surface area contributed by atoms with Crippen molar-refractivity contribution in [1.29, 1.82) is 0 Å². The lowest BCUT2D eigenvalue weighted by atomic mass is 10.1. The summed E-state index contributed by atoms with van der Waals surface area (Å²) in [5, 5.41) is 23.4. The third-order valence-corrected chi connectivity index (χ3v) is 6.36. The highest BCUT2D eigenvalue weighted by molar-refractivity contribution is 7.80. The third-order valence-electron chi connectivity index (χ3n) is 6.07. The second-order valence-electron chi connectivity index (χ2n) is 8.47. The molecule has 1 saturated heterocycles. The number of nitro groups is 1. The van der Waals surface area contributed by atoms with Crippen molar-refractivity contribution in [2.45, 2.75) is 6.54 Å². The number of amides is 2. The minimum atomic E-state index is -1.16. The van der Waals surface area contributed by atoms with Crippen LogP contribution in [0.5, 0.6) is 0 Å². The molecule has 0 unspecified atom stereocenters. The van der Waals surface area contributed by atoms with Gasteiger partial charge < -0.3 is 9.67 Å². The van der Waals surface area contributed by atoms with E-state index in [1.54, 1.807) is 18.3 Å². The summed E-state index contributed by atoms with van der Waals surface area (Å²) in [5.74, 6) is -2.52. The number of nitrogens with zero attached hydrogens (tertiary/aromatic N) is 3. The molecule has 0 radical (unpaired) electrons. The Balaban J connectivity index is 1.53. The molecule has 0 saturated carbocycles. The van der Waals surface area contributed by atoms with Gasteiger partial charge in [0.05, 0.1) is 16.2 Å². The first-order valence-electron chi connectivity index (χ1n) is 11.3. The van der Waals surface area contributed by atoms with Gasteiger partial charge >= 0.3 is 5.97 Å². The monoisotopic (exact) mass is 526 g/mol. The van der Waals surface area contributed by atoms with Crippen LogP contribution in [0.25, 0.3) is 17.0 Å². The number of non-ortho nitro benzene ring substituents is 1. The summed E-state index contributed by atoms with van der Waals surface area (Å²) >= 11 is 5.22. The van der Waals surface area contributed by atoms with Crippen LogP contribution in [0.3, 0.4) is 0 Å². The lowest BCUT2D eigenvalue weighted by Crippen LogP contribution is -2.54. The second-order valence-corrected chi connectivity index (χ2v) is 8.85. The van der Waals surface area contributed by atoms with Crippen LogP contribution in [0, 0.1) is 10.1 Å². The molecule has 0 aliphatic carbocycles. The molecule has 2 amide bonds. The summed E-state index contributed by atoms with van der Waals surface area (Å²) in [6, 6.07) is 19.4. The Bertz CT molecular complexity index is 1690. The Labute approximate surface area is 220 Å². The van der Waals surface area contributed by atoms with E-state index in [0.29, 0.717) is 12.1 Å². The zero-order chi connectivity index (χ0) is 27.0. The maximum Gasteiger partial charge on any atom is 0.335 e. The van der Waals surface area contributed by atoms with Crippen LogP contribution in [-0.2, 0) is 16.1 Å². The predicted octanol–water partition coefficient (Wildman–Crippen LogP) is 4.13. The number of hydrogen-bond acceptors (Lipinski definition) is 6.